The maximum atomic E-state index is 11.0. The molecule has 13 heavy (non-hydrogen) atoms. The van der Waals surface area contributed by atoms with Crippen LogP contribution in [0.3, 0.4) is 0 Å². The minimum atomic E-state index is -0.700. The van der Waals surface area contributed by atoms with Crippen LogP contribution in [-0.2, 0) is 4.79 Å². The number of halogens is 1. The maximum Gasteiger partial charge on any atom is 0.309 e. The van der Waals surface area contributed by atoms with Crippen LogP contribution in [0.1, 0.15) is 47.0 Å². The Morgan fingerprint density at radius 1 is 1.31 bits per heavy atom. The average molecular weight is 251 g/mol. The Hall–Kier alpha value is -0.0500. The van der Waals surface area contributed by atoms with Crippen LogP contribution >= 0.6 is 15.9 Å². The Balaban J connectivity index is 4.54. The van der Waals surface area contributed by atoms with Gasteiger partial charge in [0.15, 0.2) is 0 Å². The number of rotatable bonds is 5. The Kier molecular flexibility index (Phi) is 4.43. The topological polar surface area (TPSA) is 37.3 Å². The van der Waals surface area contributed by atoms with E-state index in [0.29, 0.717) is 12.8 Å². The lowest BCUT2D eigenvalue weighted by Crippen LogP contribution is -2.34. The molecular formula is C10H19BrO2. The summed E-state index contributed by atoms with van der Waals surface area (Å²) in [6.45, 7) is 7.84. The fraction of sp³-hybridized carbons (Fsp3) is 0.900. The van der Waals surface area contributed by atoms with Gasteiger partial charge in [-0.1, -0.05) is 29.8 Å². The second-order valence-electron chi connectivity index (χ2n) is 4.16. The highest BCUT2D eigenvalue weighted by atomic mass is 79.9. The molecule has 0 heterocycles. The molecular weight excluding hydrogens is 232 g/mol. The standard InChI is InChI=1S/C10H19BrO2/c1-5-9(3,8(12)13)7-10(4,11)6-2/h5-7H2,1-4H3,(H,12,13). The van der Waals surface area contributed by atoms with Gasteiger partial charge in [-0.05, 0) is 33.1 Å². The summed E-state index contributed by atoms with van der Waals surface area (Å²) in [5.74, 6) is -0.700. The normalized spacial score (nSPS) is 20.4. The molecule has 2 nitrogen and oxygen atoms in total. The zero-order valence-electron chi connectivity index (χ0n) is 8.85. The van der Waals surface area contributed by atoms with Crippen LogP contribution in [0.25, 0.3) is 0 Å². The van der Waals surface area contributed by atoms with Gasteiger partial charge in [-0.15, -0.1) is 0 Å². The number of hydrogen-bond donors (Lipinski definition) is 1. The van der Waals surface area contributed by atoms with Crippen LogP contribution < -0.4 is 0 Å². The van der Waals surface area contributed by atoms with Gasteiger partial charge >= 0.3 is 5.97 Å². The van der Waals surface area contributed by atoms with Crippen molar-refractivity contribution in [2.45, 2.75) is 51.3 Å². The van der Waals surface area contributed by atoms with Gasteiger partial charge < -0.3 is 5.11 Å². The molecule has 2 unspecified atom stereocenters. The first-order valence-corrected chi connectivity index (χ1v) is 5.49. The van der Waals surface area contributed by atoms with Crippen molar-refractivity contribution in [2.75, 3.05) is 0 Å². The van der Waals surface area contributed by atoms with Gasteiger partial charge in [0, 0.05) is 4.32 Å². The third-order valence-corrected chi connectivity index (χ3v) is 3.63. The molecule has 0 radical (unpaired) electrons. The predicted molar refractivity (Wildman–Crippen MR) is 58.3 cm³/mol. The molecule has 2 atom stereocenters. The van der Waals surface area contributed by atoms with Gasteiger partial charge in [-0.2, -0.15) is 0 Å². The monoisotopic (exact) mass is 250 g/mol. The second-order valence-corrected chi connectivity index (χ2v) is 6.08. The lowest BCUT2D eigenvalue weighted by molar-refractivity contribution is -0.148. The van der Waals surface area contributed by atoms with E-state index in [0.717, 1.165) is 6.42 Å². The van der Waals surface area contributed by atoms with E-state index >= 15 is 0 Å². The summed E-state index contributed by atoms with van der Waals surface area (Å²) >= 11 is 3.56. The predicted octanol–water partition coefficient (Wildman–Crippen LogP) is 3.44. The van der Waals surface area contributed by atoms with Crippen LogP contribution in [0.15, 0.2) is 0 Å². The first-order chi connectivity index (χ1) is 5.77. The smallest absolute Gasteiger partial charge is 0.309 e. The van der Waals surface area contributed by atoms with Crippen LogP contribution in [-0.4, -0.2) is 15.4 Å². The molecule has 78 valence electrons. The van der Waals surface area contributed by atoms with Crippen LogP contribution in [0.5, 0.6) is 0 Å². The number of alkyl halides is 1. The number of aliphatic carboxylic acids is 1. The summed E-state index contributed by atoms with van der Waals surface area (Å²) in [5, 5.41) is 9.07. The zero-order chi connectivity index (χ0) is 10.7. The van der Waals surface area contributed by atoms with E-state index in [4.69, 9.17) is 5.11 Å². The van der Waals surface area contributed by atoms with Crippen LogP contribution in [0.4, 0.5) is 0 Å². The molecule has 0 spiro atoms. The lowest BCUT2D eigenvalue weighted by atomic mass is 9.78. The van der Waals surface area contributed by atoms with E-state index in [1.54, 1.807) is 0 Å². The van der Waals surface area contributed by atoms with Gasteiger partial charge in [-0.3, -0.25) is 4.79 Å². The van der Waals surface area contributed by atoms with Gasteiger partial charge in [0.1, 0.15) is 0 Å². The Morgan fingerprint density at radius 3 is 2.00 bits per heavy atom. The van der Waals surface area contributed by atoms with E-state index in [9.17, 15) is 4.79 Å². The molecule has 0 amide bonds. The molecule has 0 aromatic carbocycles. The van der Waals surface area contributed by atoms with E-state index in [1.807, 2.05) is 20.8 Å². The fourth-order valence-corrected chi connectivity index (χ4v) is 1.91. The first kappa shape index (κ1) is 12.9. The number of carboxylic acid groups (broad SMARTS) is 1. The molecule has 0 saturated carbocycles. The van der Waals surface area contributed by atoms with E-state index in [-0.39, 0.29) is 4.32 Å². The molecule has 0 bridgehead atoms. The molecule has 0 saturated heterocycles. The average Bonchev–Trinajstić information content (AvgIpc) is 2.03. The lowest BCUT2D eigenvalue weighted by Gasteiger charge is -2.31. The number of carboxylic acids is 1. The summed E-state index contributed by atoms with van der Waals surface area (Å²) in [7, 11) is 0. The third kappa shape index (κ3) is 3.67. The minimum absolute atomic E-state index is 0.0594. The summed E-state index contributed by atoms with van der Waals surface area (Å²) in [4.78, 5) is 11.0. The Bertz CT molecular complexity index is 189. The van der Waals surface area contributed by atoms with E-state index < -0.39 is 11.4 Å². The molecule has 0 aromatic heterocycles. The molecule has 3 heteroatoms. The van der Waals surface area contributed by atoms with Crippen molar-refractivity contribution in [1.29, 1.82) is 0 Å². The SMILES string of the molecule is CCC(C)(Br)CC(C)(CC)C(=O)O. The van der Waals surface area contributed by atoms with Crippen molar-refractivity contribution in [2.24, 2.45) is 5.41 Å². The quantitative estimate of drug-likeness (QED) is 0.760. The van der Waals surface area contributed by atoms with Gasteiger partial charge in [0.2, 0.25) is 0 Å². The summed E-state index contributed by atoms with van der Waals surface area (Å²) in [5.41, 5.74) is -0.603. The van der Waals surface area contributed by atoms with Gasteiger partial charge in [0.25, 0.3) is 0 Å². The van der Waals surface area contributed by atoms with Crippen LogP contribution in [0.2, 0.25) is 0 Å². The van der Waals surface area contributed by atoms with Gasteiger partial charge in [0.05, 0.1) is 5.41 Å². The molecule has 1 N–H and O–H groups in total. The van der Waals surface area contributed by atoms with Crippen LogP contribution in [0, 0.1) is 5.41 Å². The second kappa shape index (κ2) is 4.45. The molecule has 0 aliphatic rings. The molecule has 0 aliphatic heterocycles. The van der Waals surface area contributed by atoms with Crippen molar-refractivity contribution >= 4 is 21.9 Å². The van der Waals surface area contributed by atoms with Crippen molar-refractivity contribution in [3.8, 4) is 0 Å². The highest BCUT2D eigenvalue weighted by molar-refractivity contribution is 9.10. The minimum Gasteiger partial charge on any atom is -0.481 e. The van der Waals surface area contributed by atoms with Gasteiger partial charge in [-0.25, -0.2) is 0 Å². The fourth-order valence-electron chi connectivity index (χ4n) is 1.29. The van der Waals surface area contributed by atoms with E-state index in [2.05, 4.69) is 22.9 Å². The summed E-state index contributed by atoms with van der Waals surface area (Å²) in [6, 6.07) is 0. The molecule has 0 aliphatic carbocycles. The number of carbonyl (C=O) groups is 1. The largest absolute Gasteiger partial charge is 0.481 e. The first-order valence-electron chi connectivity index (χ1n) is 4.70. The molecule has 0 rings (SSSR count). The summed E-state index contributed by atoms with van der Waals surface area (Å²) < 4.78 is -0.0594. The highest BCUT2D eigenvalue weighted by Crippen LogP contribution is 2.38. The van der Waals surface area contributed by atoms with Crippen molar-refractivity contribution in [3.05, 3.63) is 0 Å². The molecule has 0 fully saturated rings. The van der Waals surface area contributed by atoms with Crippen molar-refractivity contribution < 1.29 is 9.90 Å². The molecule has 0 aromatic rings. The zero-order valence-corrected chi connectivity index (χ0v) is 10.4. The van der Waals surface area contributed by atoms with E-state index in [1.165, 1.54) is 0 Å². The summed E-state index contributed by atoms with van der Waals surface area (Å²) in [6.07, 6.45) is 2.28. The Labute approximate surface area is 88.8 Å². The van der Waals surface area contributed by atoms with Crippen molar-refractivity contribution in [3.63, 3.8) is 0 Å². The Morgan fingerprint density at radius 2 is 1.77 bits per heavy atom. The third-order valence-electron chi connectivity index (χ3n) is 2.79. The maximum absolute atomic E-state index is 11.0. The highest BCUT2D eigenvalue weighted by Gasteiger charge is 2.37. The number of hydrogen-bond acceptors (Lipinski definition) is 1. The van der Waals surface area contributed by atoms with Crippen molar-refractivity contribution in [1.82, 2.24) is 0 Å².